The van der Waals surface area contributed by atoms with E-state index in [0.29, 0.717) is 13.2 Å². The van der Waals surface area contributed by atoms with Gasteiger partial charge in [0.05, 0.1) is 24.9 Å². The molecule has 0 radical (unpaired) electrons. The van der Waals surface area contributed by atoms with Gasteiger partial charge in [-0.1, -0.05) is 12.1 Å². The minimum atomic E-state index is -0.0875. The van der Waals surface area contributed by atoms with Crippen molar-refractivity contribution >= 4 is 5.69 Å². The predicted molar refractivity (Wildman–Crippen MR) is 66.3 cm³/mol. The van der Waals surface area contributed by atoms with Crippen molar-refractivity contribution in [3.05, 3.63) is 54.0 Å². The molecule has 0 saturated carbocycles. The molecule has 1 aliphatic heterocycles. The second kappa shape index (κ2) is 3.93. The highest BCUT2D eigenvalue weighted by atomic mass is 16.5. The highest BCUT2D eigenvalue weighted by Gasteiger charge is 2.44. The monoisotopic (exact) mass is 229 g/mol. The van der Waals surface area contributed by atoms with Gasteiger partial charge in [0.25, 0.3) is 0 Å². The first-order valence-corrected chi connectivity index (χ1v) is 5.75. The Bertz CT molecular complexity index is 483. The van der Waals surface area contributed by atoms with E-state index in [-0.39, 0.29) is 5.41 Å². The van der Waals surface area contributed by atoms with E-state index in [0.717, 1.165) is 11.4 Å². The third kappa shape index (κ3) is 1.54. The summed E-state index contributed by atoms with van der Waals surface area (Å²) in [6.45, 7) is 1.39. The Morgan fingerprint density at radius 2 is 1.88 bits per heavy atom. The van der Waals surface area contributed by atoms with Gasteiger partial charge in [-0.25, -0.2) is 0 Å². The Morgan fingerprint density at radius 1 is 1.12 bits per heavy atom. The molecule has 1 fully saturated rings. The van der Waals surface area contributed by atoms with Crippen LogP contribution in [0.4, 0.5) is 5.69 Å². The molecule has 1 aliphatic rings. The van der Waals surface area contributed by atoms with Crippen LogP contribution in [-0.4, -0.2) is 20.3 Å². The summed E-state index contributed by atoms with van der Waals surface area (Å²) < 4.78 is 11.0. The second-order valence-corrected chi connectivity index (χ2v) is 4.38. The average molecular weight is 229 g/mol. The van der Waals surface area contributed by atoms with Gasteiger partial charge in [0, 0.05) is 12.7 Å². The standard InChI is InChI=1S/C14H15NO2/c1-15-12-6-4-11(5-7-12)14(9-16-10-14)13-3-2-8-17-13/h2-8,15H,9-10H2,1H3. The van der Waals surface area contributed by atoms with E-state index in [1.807, 2.05) is 19.2 Å². The third-order valence-electron chi connectivity index (χ3n) is 3.42. The largest absolute Gasteiger partial charge is 0.468 e. The van der Waals surface area contributed by atoms with E-state index in [2.05, 4.69) is 29.6 Å². The summed E-state index contributed by atoms with van der Waals surface area (Å²) in [5, 5.41) is 3.12. The van der Waals surface area contributed by atoms with E-state index in [1.54, 1.807) is 6.26 Å². The van der Waals surface area contributed by atoms with Crippen LogP contribution in [-0.2, 0) is 10.2 Å². The molecule has 88 valence electrons. The maximum Gasteiger partial charge on any atom is 0.118 e. The maximum atomic E-state index is 5.56. The predicted octanol–water partition coefficient (Wildman–Crippen LogP) is 2.64. The fraction of sp³-hybridized carbons (Fsp3) is 0.286. The van der Waals surface area contributed by atoms with Crippen LogP contribution in [0.1, 0.15) is 11.3 Å². The van der Waals surface area contributed by atoms with Gasteiger partial charge in [-0.2, -0.15) is 0 Å². The highest BCUT2D eigenvalue weighted by molar-refractivity contribution is 5.48. The molecule has 1 aromatic heterocycles. The summed E-state index contributed by atoms with van der Waals surface area (Å²) in [6, 6.07) is 12.4. The van der Waals surface area contributed by atoms with Crippen LogP contribution in [0.2, 0.25) is 0 Å². The SMILES string of the molecule is CNc1ccc(C2(c3ccco3)COC2)cc1. The smallest absolute Gasteiger partial charge is 0.118 e. The van der Waals surface area contributed by atoms with Crippen LogP contribution in [0.3, 0.4) is 0 Å². The van der Waals surface area contributed by atoms with Crippen molar-refractivity contribution in [2.75, 3.05) is 25.6 Å². The lowest BCUT2D eigenvalue weighted by atomic mass is 9.76. The summed E-state index contributed by atoms with van der Waals surface area (Å²) in [6.07, 6.45) is 1.72. The maximum absolute atomic E-state index is 5.56. The van der Waals surface area contributed by atoms with Crippen LogP contribution in [0, 0.1) is 0 Å². The van der Waals surface area contributed by atoms with Gasteiger partial charge in [0.1, 0.15) is 5.76 Å². The van der Waals surface area contributed by atoms with E-state index in [4.69, 9.17) is 9.15 Å². The zero-order chi connectivity index (χ0) is 11.7. The number of nitrogens with one attached hydrogen (secondary N) is 1. The molecular formula is C14H15NO2. The molecular weight excluding hydrogens is 214 g/mol. The van der Waals surface area contributed by atoms with E-state index in [1.165, 1.54) is 5.56 Å². The molecule has 0 unspecified atom stereocenters. The molecule has 0 spiro atoms. The van der Waals surface area contributed by atoms with Crippen molar-refractivity contribution in [1.82, 2.24) is 0 Å². The van der Waals surface area contributed by atoms with E-state index in [9.17, 15) is 0 Å². The fourth-order valence-corrected chi connectivity index (χ4v) is 2.26. The van der Waals surface area contributed by atoms with Gasteiger partial charge in [-0.05, 0) is 29.8 Å². The molecule has 0 aliphatic carbocycles. The van der Waals surface area contributed by atoms with Crippen molar-refractivity contribution in [1.29, 1.82) is 0 Å². The Hall–Kier alpha value is -1.74. The van der Waals surface area contributed by atoms with Crippen LogP contribution in [0.15, 0.2) is 47.1 Å². The normalized spacial score (nSPS) is 17.5. The van der Waals surface area contributed by atoms with Gasteiger partial charge in [0.15, 0.2) is 0 Å². The number of rotatable bonds is 3. The molecule has 0 bridgehead atoms. The first-order valence-electron chi connectivity index (χ1n) is 5.75. The summed E-state index contributed by atoms with van der Waals surface area (Å²) in [4.78, 5) is 0. The summed E-state index contributed by atoms with van der Waals surface area (Å²) in [5.74, 6) is 0.987. The number of anilines is 1. The van der Waals surface area contributed by atoms with Gasteiger partial charge in [-0.15, -0.1) is 0 Å². The van der Waals surface area contributed by atoms with Crippen molar-refractivity contribution in [3.63, 3.8) is 0 Å². The molecule has 17 heavy (non-hydrogen) atoms. The van der Waals surface area contributed by atoms with Crippen LogP contribution >= 0.6 is 0 Å². The number of furan rings is 1. The Morgan fingerprint density at radius 3 is 2.35 bits per heavy atom. The lowest BCUT2D eigenvalue weighted by Crippen LogP contribution is -2.47. The van der Waals surface area contributed by atoms with Crippen molar-refractivity contribution in [2.24, 2.45) is 0 Å². The molecule has 0 amide bonds. The molecule has 1 saturated heterocycles. The molecule has 3 heteroatoms. The van der Waals surface area contributed by atoms with Crippen molar-refractivity contribution in [3.8, 4) is 0 Å². The van der Waals surface area contributed by atoms with Gasteiger partial charge < -0.3 is 14.5 Å². The summed E-state index contributed by atoms with van der Waals surface area (Å²) in [5.41, 5.74) is 2.27. The fourth-order valence-electron chi connectivity index (χ4n) is 2.26. The number of ether oxygens (including phenoxy) is 1. The summed E-state index contributed by atoms with van der Waals surface area (Å²) >= 11 is 0. The van der Waals surface area contributed by atoms with E-state index < -0.39 is 0 Å². The topological polar surface area (TPSA) is 34.4 Å². The molecule has 1 N–H and O–H groups in total. The minimum absolute atomic E-state index is 0.0875. The second-order valence-electron chi connectivity index (χ2n) is 4.38. The molecule has 3 rings (SSSR count). The zero-order valence-electron chi connectivity index (χ0n) is 9.77. The van der Waals surface area contributed by atoms with Crippen LogP contribution in [0.5, 0.6) is 0 Å². The molecule has 0 atom stereocenters. The van der Waals surface area contributed by atoms with Gasteiger partial charge in [-0.3, -0.25) is 0 Å². The first-order chi connectivity index (χ1) is 8.35. The Balaban J connectivity index is 2.00. The van der Waals surface area contributed by atoms with Crippen molar-refractivity contribution < 1.29 is 9.15 Å². The van der Waals surface area contributed by atoms with Crippen LogP contribution < -0.4 is 5.32 Å². The molecule has 1 aromatic carbocycles. The van der Waals surface area contributed by atoms with E-state index >= 15 is 0 Å². The molecule has 3 nitrogen and oxygen atoms in total. The third-order valence-corrected chi connectivity index (χ3v) is 3.42. The number of hydrogen-bond donors (Lipinski definition) is 1. The lowest BCUT2D eigenvalue weighted by molar-refractivity contribution is -0.0475. The first kappa shape index (κ1) is 10.4. The number of hydrogen-bond acceptors (Lipinski definition) is 3. The van der Waals surface area contributed by atoms with Crippen LogP contribution in [0.25, 0.3) is 0 Å². The Kier molecular flexibility index (Phi) is 2.41. The highest BCUT2D eigenvalue weighted by Crippen LogP contribution is 2.39. The molecule has 2 aromatic rings. The zero-order valence-corrected chi connectivity index (χ0v) is 9.77. The average Bonchev–Trinajstić information content (AvgIpc) is 2.83. The molecule has 2 heterocycles. The number of benzene rings is 1. The van der Waals surface area contributed by atoms with Gasteiger partial charge >= 0.3 is 0 Å². The Labute approximate surface area is 100 Å². The van der Waals surface area contributed by atoms with Gasteiger partial charge in [0.2, 0.25) is 0 Å². The summed E-state index contributed by atoms with van der Waals surface area (Å²) in [7, 11) is 1.92. The quantitative estimate of drug-likeness (QED) is 0.878. The lowest BCUT2D eigenvalue weighted by Gasteiger charge is -2.40. The van der Waals surface area contributed by atoms with Crippen molar-refractivity contribution in [2.45, 2.75) is 5.41 Å². The minimum Gasteiger partial charge on any atom is -0.468 e.